The number of pyridine rings is 1. The molecule has 1 aromatic rings. The predicted octanol–water partition coefficient (Wildman–Crippen LogP) is 1.78. The van der Waals surface area contributed by atoms with Crippen LogP contribution in [-0.4, -0.2) is 35.1 Å². The Hall–Kier alpha value is -1.83. The zero-order chi connectivity index (χ0) is 14.8. The molecule has 1 atom stereocenters. The van der Waals surface area contributed by atoms with E-state index in [1.807, 2.05) is 0 Å². The fraction of sp³-hybridized carbons (Fsp3) is 0.500. The van der Waals surface area contributed by atoms with E-state index in [2.05, 4.69) is 10.4 Å². The smallest absolute Gasteiger partial charge is 0.338 e. The number of piperidine rings is 1. The number of nitrogens with zero attached hydrogens (tertiary/aromatic N) is 2. The number of amides is 1. The van der Waals surface area contributed by atoms with Gasteiger partial charge >= 0.3 is 6.18 Å². The Bertz CT molecular complexity index is 492. The van der Waals surface area contributed by atoms with Gasteiger partial charge in [0.05, 0.1) is 17.2 Å². The lowest BCUT2D eigenvalue weighted by Crippen LogP contribution is -2.44. The highest BCUT2D eigenvalue weighted by Gasteiger charge is 2.42. The first-order valence-electron chi connectivity index (χ1n) is 6.20. The molecule has 0 aliphatic carbocycles. The highest BCUT2D eigenvalue weighted by atomic mass is 19.4. The minimum absolute atomic E-state index is 0.0579. The van der Waals surface area contributed by atoms with Crippen LogP contribution in [0.1, 0.15) is 23.2 Å². The van der Waals surface area contributed by atoms with Gasteiger partial charge in [-0.15, -0.1) is 0 Å². The van der Waals surface area contributed by atoms with Crippen molar-refractivity contribution in [3.8, 4) is 0 Å². The first-order valence-corrected chi connectivity index (χ1v) is 6.20. The van der Waals surface area contributed by atoms with Gasteiger partial charge in [0, 0.05) is 25.5 Å². The number of hydrogen-bond acceptors (Lipinski definition) is 4. The number of rotatable bonds is 2. The van der Waals surface area contributed by atoms with E-state index in [1.54, 1.807) is 0 Å². The standard InChI is InChI=1S/C12H15F3N4O/c13-12(14,15)8-2-1-5-19(7-8)11(20)9-6-17-4-3-10(9)18-16/h3-4,6,8H,1-2,5,7,16H2,(H,17,18). The number of hydrogen-bond donors (Lipinski definition) is 2. The van der Waals surface area contributed by atoms with Gasteiger partial charge in [-0.3, -0.25) is 15.6 Å². The number of nitrogens with one attached hydrogen (secondary N) is 1. The van der Waals surface area contributed by atoms with Gasteiger partial charge in [0.25, 0.3) is 5.91 Å². The number of alkyl halides is 3. The minimum atomic E-state index is -4.27. The molecule has 5 nitrogen and oxygen atoms in total. The molecule has 1 aliphatic heterocycles. The molecular weight excluding hydrogens is 273 g/mol. The second-order valence-electron chi connectivity index (χ2n) is 4.70. The molecule has 2 heterocycles. The molecule has 0 radical (unpaired) electrons. The van der Waals surface area contributed by atoms with E-state index in [9.17, 15) is 18.0 Å². The first kappa shape index (κ1) is 14.6. The molecule has 0 aromatic carbocycles. The summed E-state index contributed by atoms with van der Waals surface area (Å²) in [7, 11) is 0. The molecule has 2 rings (SSSR count). The van der Waals surface area contributed by atoms with Gasteiger partial charge in [-0.05, 0) is 18.9 Å². The summed E-state index contributed by atoms with van der Waals surface area (Å²) in [4.78, 5) is 17.3. The molecule has 1 aromatic heterocycles. The van der Waals surface area contributed by atoms with Crippen molar-refractivity contribution in [2.75, 3.05) is 18.5 Å². The van der Waals surface area contributed by atoms with E-state index >= 15 is 0 Å². The summed E-state index contributed by atoms with van der Waals surface area (Å²) in [5.41, 5.74) is 2.87. The second-order valence-corrected chi connectivity index (χ2v) is 4.70. The van der Waals surface area contributed by atoms with Crippen LogP contribution in [0.25, 0.3) is 0 Å². The molecule has 0 saturated carbocycles. The van der Waals surface area contributed by atoms with Crippen molar-refractivity contribution in [2.45, 2.75) is 19.0 Å². The zero-order valence-electron chi connectivity index (χ0n) is 10.7. The SMILES string of the molecule is NNc1ccncc1C(=O)N1CCCC(C(F)(F)F)C1. The summed E-state index contributed by atoms with van der Waals surface area (Å²) in [5, 5.41) is 0. The van der Waals surface area contributed by atoms with Gasteiger partial charge in [-0.25, -0.2) is 0 Å². The third-order valence-electron chi connectivity index (χ3n) is 3.38. The van der Waals surface area contributed by atoms with E-state index in [0.717, 1.165) is 0 Å². The maximum Gasteiger partial charge on any atom is 0.393 e. The highest BCUT2D eigenvalue weighted by molar-refractivity contribution is 5.99. The van der Waals surface area contributed by atoms with Crippen LogP contribution in [0.15, 0.2) is 18.5 Å². The Balaban J connectivity index is 2.17. The lowest BCUT2D eigenvalue weighted by molar-refractivity contribution is -0.184. The van der Waals surface area contributed by atoms with Crippen molar-refractivity contribution in [1.82, 2.24) is 9.88 Å². The summed E-state index contributed by atoms with van der Waals surface area (Å²) in [6.45, 7) is -0.00837. The summed E-state index contributed by atoms with van der Waals surface area (Å²) in [6.07, 6.45) is -1.14. The summed E-state index contributed by atoms with van der Waals surface area (Å²) in [5.74, 6) is 3.33. The maximum absolute atomic E-state index is 12.7. The fourth-order valence-electron chi connectivity index (χ4n) is 2.29. The van der Waals surface area contributed by atoms with Crippen LogP contribution in [0.2, 0.25) is 0 Å². The lowest BCUT2D eigenvalue weighted by atomic mass is 9.97. The van der Waals surface area contributed by atoms with E-state index in [1.165, 1.54) is 23.4 Å². The number of halogens is 3. The Morgan fingerprint density at radius 1 is 1.50 bits per heavy atom. The highest BCUT2D eigenvalue weighted by Crippen LogP contribution is 2.33. The van der Waals surface area contributed by atoms with Gasteiger partial charge in [-0.2, -0.15) is 13.2 Å². The zero-order valence-corrected chi connectivity index (χ0v) is 10.7. The van der Waals surface area contributed by atoms with Crippen LogP contribution in [0.4, 0.5) is 18.9 Å². The third-order valence-corrected chi connectivity index (χ3v) is 3.38. The molecule has 1 fully saturated rings. The monoisotopic (exact) mass is 288 g/mol. The quantitative estimate of drug-likeness (QED) is 0.643. The van der Waals surface area contributed by atoms with Gasteiger partial charge in [0.2, 0.25) is 0 Å². The van der Waals surface area contributed by atoms with Crippen LogP contribution in [-0.2, 0) is 0 Å². The number of hydrazine groups is 1. The largest absolute Gasteiger partial charge is 0.393 e. The van der Waals surface area contributed by atoms with Gasteiger partial charge < -0.3 is 10.3 Å². The number of aromatic nitrogens is 1. The molecule has 1 saturated heterocycles. The van der Waals surface area contributed by atoms with E-state index in [-0.39, 0.29) is 18.5 Å². The molecule has 1 aliphatic rings. The molecule has 110 valence electrons. The van der Waals surface area contributed by atoms with Crippen molar-refractivity contribution >= 4 is 11.6 Å². The minimum Gasteiger partial charge on any atom is -0.338 e. The Morgan fingerprint density at radius 3 is 2.90 bits per heavy atom. The van der Waals surface area contributed by atoms with E-state index < -0.39 is 18.0 Å². The first-order chi connectivity index (χ1) is 9.43. The summed E-state index contributed by atoms with van der Waals surface area (Å²) < 4.78 is 38.2. The number of anilines is 1. The number of carbonyl (C=O) groups excluding carboxylic acids is 1. The van der Waals surface area contributed by atoms with Gasteiger partial charge in [0.15, 0.2) is 0 Å². The molecule has 0 bridgehead atoms. The average molecular weight is 288 g/mol. The van der Waals surface area contributed by atoms with Crippen molar-refractivity contribution in [2.24, 2.45) is 11.8 Å². The van der Waals surface area contributed by atoms with Crippen LogP contribution < -0.4 is 11.3 Å². The normalized spacial score (nSPS) is 19.8. The lowest BCUT2D eigenvalue weighted by Gasteiger charge is -2.34. The van der Waals surface area contributed by atoms with Crippen molar-refractivity contribution in [3.05, 3.63) is 24.0 Å². The van der Waals surface area contributed by atoms with Gasteiger partial charge in [0.1, 0.15) is 0 Å². The van der Waals surface area contributed by atoms with Crippen molar-refractivity contribution < 1.29 is 18.0 Å². The van der Waals surface area contributed by atoms with E-state index in [0.29, 0.717) is 18.7 Å². The third kappa shape index (κ3) is 3.01. The van der Waals surface area contributed by atoms with Crippen LogP contribution in [0.3, 0.4) is 0 Å². The van der Waals surface area contributed by atoms with Crippen molar-refractivity contribution in [3.63, 3.8) is 0 Å². The molecular formula is C12H15F3N4O. The Morgan fingerprint density at radius 2 is 2.25 bits per heavy atom. The maximum atomic E-state index is 12.7. The van der Waals surface area contributed by atoms with Gasteiger partial charge in [-0.1, -0.05) is 0 Å². The molecule has 8 heteroatoms. The summed E-state index contributed by atoms with van der Waals surface area (Å²) >= 11 is 0. The number of carbonyl (C=O) groups is 1. The fourth-order valence-corrected chi connectivity index (χ4v) is 2.29. The van der Waals surface area contributed by atoms with E-state index in [4.69, 9.17) is 5.84 Å². The Labute approximate surface area is 113 Å². The second kappa shape index (κ2) is 5.66. The molecule has 3 N–H and O–H groups in total. The van der Waals surface area contributed by atoms with Crippen LogP contribution >= 0.6 is 0 Å². The number of nitrogen functional groups attached to an aromatic ring is 1. The predicted molar refractivity (Wildman–Crippen MR) is 66.7 cm³/mol. The number of likely N-dealkylation sites (tertiary alicyclic amines) is 1. The molecule has 0 spiro atoms. The molecule has 1 unspecified atom stereocenters. The topological polar surface area (TPSA) is 71.2 Å². The summed E-state index contributed by atoms with van der Waals surface area (Å²) in [6, 6.07) is 1.50. The van der Waals surface area contributed by atoms with Crippen LogP contribution in [0, 0.1) is 5.92 Å². The van der Waals surface area contributed by atoms with Crippen molar-refractivity contribution in [1.29, 1.82) is 0 Å². The number of nitrogens with two attached hydrogens (primary N) is 1. The molecule has 20 heavy (non-hydrogen) atoms. The Kier molecular flexibility index (Phi) is 4.12. The average Bonchev–Trinajstić information content (AvgIpc) is 2.45. The van der Waals surface area contributed by atoms with Crippen LogP contribution in [0.5, 0.6) is 0 Å². The molecule has 1 amide bonds.